The van der Waals surface area contributed by atoms with Gasteiger partial charge in [-0.05, 0) is 51.3 Å². The van der Waals surface area contributed by atoms with E-state index in [1.807, 2.05) is 13.0 Å². The monoisotopic (exact) mass is 432 g/mol. The van der Waals surface area contributed by atoms with E-state index in [2.05, 4.69) is 62.3 Å². The molecule has 4 rings (SSSR count). The molecule has 2 aromatic heterocycles. The Morgan fingerprint density at radius 1 is 1.03 bits per heavy atom. The highest BCUT2D eigenvalue weighted by Gasteiger charge is 2.36. The number of hydrogen-bond acceptors (Lipinski definition) is 6. The lowest BCUT2D eigenvalue weighted by Crippen LogP contribution is -2.30. The van der Waals surface area contributed by atoms with Crippen molar-refractivity contribution in [1.82, 2.24) is 15.0 Å². The second-order valence-corrected chi connectivity index (χ2v) is 8.18. The fraction of sp³-hybridized carbons (Fsp3) is 0.423. The van der Waals surface area contributed by atoms with Crippen LogP contribution < -0.4 is 10.1 Å². The average Bonchev–Trinajstić information content (AvgIpc) is 3.15. The second kappa shape index (κ2) is 9.65. The number of rotatable bonds is 8. The first-order chi connectivity index (χ1) is 15.5. The number of aromatic nitrogens is 3. The van der Waals surface area contributed by atoms with Crippen LogP contribution in [-0.4, -0.2) is 34.3 Å². The number of hydrogen-bond donors (Lipinski definition) is 1. The van der Waals surface area contributed by atoms with E-state index in [4.69, 9.17) is 19.4 Å². The molecule has 3 heterocycles. The third kappa shape index (κ3) is 4.32. The Labute approximate surface area is 190 Å². The fourth-order valence-electron chi connectivity index (χ4n) is 4.24. The number of anilines is 1. The van der Waals surface area contributed by atoms with Gasteiger partial charge in [-0.3, -0.25) is 0 Å². The molecule has 0 aliphatic carbocycles. The number of aryl methyl sites for hydroxylation is 4. The lowest BCUT2D eigenvalue weighted by atomic mass is 10.00. The summed E-state index contributed by atoms with van der Waals surface area (Å²) in [6, 6.07) is 10.4. The number of benzene rings is 1. The summed E-state index contributed by atoms with van der Waals surface area (Å²) >= 11 is 0. The van der Waals surface area contributed by atoms with Crippen molar-refractivity contribution in [2.45, 2.75) is 59.6 Å². The summed E-state index contributed by atoms with van der Waals surface area (Å²) in [6.45, 7) is 11.6. The largest absolute Gasteiger partial charge is 0.469 e. The molecule has 0 fully saturated rings. The molecule has 0 saturated carbocycles. The van der Waals surface area contributed by atoms with E-state index in [1.165, 1.54) is 11.1 Å². The van der Waals surface area contributed by atoms with Crippen LogP contribution in [0.5, 0.6) is 5.88 Å². The summed E-state index contributed by atoms with van der Waals surface area (Å²) in [5.41, 5.74) is 7.56. The topological polar surface area (TPSA) is 69.2 Å². The van der Waals surface area contributed by atoms with Gasteiger partial charge in [0.25, 0.3) is 0 Å². The van der Waals surface area contributed by atoms with E-state index in [-0.39, 0.29) is 12.1 Å². The molecule has 1 aliphatic heterocycles. The van der Waals surface area contributed by atoms with Gasteiger partial charge in [-0.15, -0.1) is 0 Å². The van der Waals surface area contributed by atoms with Crippen molar-refractivity contribution in [3.8, 4) is 17.1 Å². The van der Waals surface area contributed by atoms with Crippen LogP contribution in [0.3, 0.4) is 0 Å². The second-order valence-electron chi connectivity index (χ2n) is 8.18. The third-order valence-corrected chi connectivity index (χ3v) is 5.90. The van der Waals surface area contributed by atoms with Crippen LogP contribution in [0.1, 0.15) is 54.9 Å². The van der Waals surface area contributed by atoms with Crippen molar-refractivity contribution in [2.24, 2.45) is 0 Å². The molecular formula is C26H32N4O2. The summed E-state index contributed by atoms with van der Waals surface area (Å²) in [4.78, 5) is 14.6. The van der Waals surface area contributed by atoms with Gasteiger partial charge in [-0.1, -0.05) is 37.6 Å². The molecule has 1 N–H and O–H groups in total. The summed E-state index contributed by atoms with van der Waals surface area (Å²) in [5.74, 6) is 1.47. The normalized spacial score (nSPS) is 17.2. The van der Waals surface area contributed by atoms with Crippen LogP contribution in [0.4, 0.5) is 5.82 Å². The van der Waals surface area contributed by atoms with Crippen LogP contribution in [0.2, 0.25) is 0 Å². The van der Waals surface area contributed by atoms with Crippen LogP contribution in [0.15, 0.2) is 36.5 Å². The van der Waals surface area contributed by atoms with E-state index in [1.54, 1.807) is 6.20 Å². The molecular weight excluding hydrogens is 400 g/mol. The maximum absolute atomic E-state index is 6.10. The van der Waals surface area contributed by atoms with Gasteiger partial charge < -0.3 is 14.8 Å². The van der Waals surface area contributed by atoms with E-state index in [0.717, 1.165) is 46.9 Å². The van der Waals surface area contributed by atoms with Gasteiger partial charge in [0.1, 0.15) is 11.9 Å². The smallest absolute Gasteiger partial charge is 0.219 e. The molecule has 1 aromatic carbocycles. The highest BCUT2D eigenvalue weighted by molar-refractivity contribution is 5.68. The Hall–Kier alpha value is -2.99. The Bertz CT molecular complexity index is 1100. The molecule has 0 unspecified atom stereocenters. The molecule has 0 spiro atoms. The summed E-state index contributed by atoms with van der Waals surface area (Å²) in [6.07, 6.45) is 3.16. The van der Waals surface area contributed by atoms with E-state index < -0.39 is 0 Å². The number of ether oxygens (including phenoxy) is 2. The van der Waals surface area contributed by atoms with Crippen molar-refractivity contribution >= 4 is 5.82 Å². The molecule has 6 nitrogen and oxygen atoms in total. The molecule has 0 amide bonds. The molecule has 0 saturated heterocycles. The SMILES string of the molecule is CCOC[C@H]1Oc2ncccc2[C@H]1Nc1nc(CC)c(-c2ccc(C)cc2C)nc1CC. The van der Waals surface area contributed by atoms with Gasteiger partial charge in [-0.2, -0.15) is 0 Å². The minimum absolute atomic E-state index is 0.0958. The van der Waals surface area contributed by atoms with Crippen LogP contribution in [0.25, 0.3) is 11.3 Å². The Kier molecular flexibility index (Phi) is 6.70. The minimum Gasteiger partial charge on any atom is -0.469 e. The highest BCUT2D eigenvalue weighted by Crippen LogP contribution is 2.38. The average molecular weight is 433 g/mol. The standard InChI is InChI=1S/C26H32N4O2/c1-6-20-23(18-12-11-16(4)14-17(18)5)28-21(7-2)25(29-20)30-24-19-10-9-13-27-26(19)32-22(24)15-31-8-3/h9-14,22,24H,6-8,15H2,1-5H3,(H,29,30)/t22-,24-/m1/s1. The van der Waals surface area contributed by atoms with Crippen LogP contribution >= 0.6 is 0 Å². The Morgan fingerprint density at radius 2 is 1.84 bits per heavy atom. The molecule has 1 aliphatic rings. The quantitative estimate of drug-likeness (QED) is 0.526. The maximum atomic E-state index is 6.10. The first-order valence-corrected chi connectivity index (χ1v) is 11.5. The van der Waals surface area contributed by atoms with Crippen molar-refractivity contribution in [1.29, 1.82) is 0 Å². The molecule has 3 aromatic rings. The first kappa shape index (κ1) is 22.2. The first-order valence-electron chi connectivity index (χ1n) is 11.5. The van der Waals surface area contributed by atoms with Crippen molar-refractivity contribution in [2.75, 3.05) is 18.5 Å². The molecule has 32 heavy (non-hydrogen) atoms. The number of fused-ring (bicyclic) bond motifs is 1. The maximum Gasteiger partial charge on any atom is 0.219 e. The predicted molar refractivity (Wildman–Crippen MR) is 127 cm³/mol. The summed E-state index contributed by atoms with van der Waals surface area (Å²) < 4.78 is 11.8. The molecule has 6 heteroatoms. The van der Waals surface area contributed by atoms with Crippen molar-refractivity contribution < 1.29 is 9.47 Å². The zero-order chi connectivity index (χ0) is 22.7. The highest BCUT2D eigenvalue weighted by atomic mass is 16.5. The number of nitrogens with zero attached hydrogens (tertiary/aromatic N) is 3. The van der Waals surface area contributed by atoms with Gasteiger partial charge in [0, 0.05) is 23.9 Å². The zero-order valence-corrected chi connectivity index (χ0v) is 19.6. The van der Waals surface area contributed by atoms with E-state index in [9.17, 15) is 0 Å². The molecule has 0 radical (unpaired) electrons. The molecule has 2 atom stereocenters. The fourth-order valence-corrected chi connectivity index (χ4v) is 4.24. The summed E-state index contributed by atoms with van der Waals surface area (Å²) in [5, 5.41) is 3.63. The van der Waals surface area contributed by atoms with Crippen LogP contribution in [0, 0.1) is 13.8 Å². The van der Waals surface area contributed by atoms with Crippen LogP contribution in [-0.2, 0) is 17.6 Å². The van der Waals surface area contributed by atoms with E-state index in [0.29, 0.717) is 19.1 Å². The Morgan fingerprint density at radius 3 is 2.56 bits per heavy atom. The van der Waals surface area contributed by atoms with Gasteiger partial charge in [0.05, 0.1) is 29.7 Å². The number of nitrogens with one attached hydrogen (secondary N) is 1. The van der Waals surface area contributed by atoms with Crippen molar-refractivity contribution in [3.63, 3.8) is 0 Å². The number of pyridine rings is 1. The lowest BCUT2D eigenvalue weighted by Gasteiger charge is -2.23. The zero-order valence-electron chi connectivity index (χ0n) is 19.6. The minimum atomic E-state index is -0.171. The van der Waals surface area contributed by atoms with Gasteiger partial charge in [0.15, 0.2) is 0 Å². The van der Waals surface area contributed by atoms with Gasteiger partial charge in [0.2, 0.25) is 5.88 Å². The van der Waals surface area contributed by atoms with Gasteiger partial charge in [-0.25, -0.2) is 15.0 Å². The molecule has 0 bridgehead atoms. The van der Waals surface area contributed by atoms with E-state index >= 15 is 0 Å². The lowest BCUT2D eigenvalue weighted by molar-refractivity contribution is 0.0579. The van der Waals surface area contributed by atoms with Gasteiger partial charge >= 0.3 is 0 Å². The Balaban J connectivity index is 1.73. The predicted octanol–water partition coefficient (Wildman–Crippen LogP) is 5.23. The summed E-state index contributed by atoms with van der Waals surface area (Å²) in [7, 11) is 0. The van der Waals surface area contributed by atoms with Crippen molar-refractivity contribution in [3.05, 3.63) is 64.6 Å². The molecule has 168 valence electrons. The third-order valence-electron chi connectivity index (χ3n) is 5.90.